The Morgan fingerprint density at radius 1 is 1.30 bits per heavy atom. The third kappa shape index (κ3) is 2.05. The van der Waals surface area contributed by atoms with Crippen LogP contribution in [0.25, 0.3) is 11.1 Å². The van der Waals surface area contributed by atoms with Gasteiger partial charge in [-0.2, -0.15) is 0 Å². The summed E-state index contributed by atoms with van der Waals surface area (Å²) in [7, 11) is 0. The summed E-state index contributed by atoms with van der Waals surface area (Å²) in [5.41, 5.74) is 11.5. The van der Waals surface area contributed by atoms with Gasteiger partial charge in [-0.05, 0) is 47.2 Å². The van der Waals surface area contributed by atoms with Crippen LogP contribution < -0.4 is 5.73 Å². The molecule has 0 heterocycles. The maximum Gasteiger partial charge on any atom is 0.249 e. The number of fused-ring (bicyclic) bond motifs is 3. The van der Waals surface area contributed by atoms with E-state index in [1.165, 1.54) is 5.56 Å². The summed E-state index contributed by atoms with van der Waals surface area (Å²) >= 11 is 3.56. The van der Waals surface area contributed by atoms with E-state index in [1.807, 2.05) is 12.1 Å². The largest absolute Gasteiger partial charge is 0.396 e. The summed E-state index contributed by atoms with van der Waals surface area (Å²) in [6.07, 6.45) is 1.36. The zero-order valence-electron chi connectivity index (χ0n) is 10.8. The molecule has 4 heteroatoms. The first-order chi connectivity index (χ1) is 9.61. The van der Waals surface area contributed by atoms with Gasteiger partial charge in [0.1, 0.15) is 0 Å². The molecule has 0 saturated heterocycles. The highest BCUT2D eigenvalue weighted by atomic mass is 79.9. The van der Waals surface area contributed by atoms with Crippen LogP contribution in [0.5, 0.6) is 0 Å². The Bertz CT molecular complexity index is 710. The Morgan fingerprint density at radius 3 is 2.80 bits per heavy atom. The predicted octanol–water partition coefficient (Wildman–Crippen LogP) is 2.65. The number of benzene rings is 2. The van der Waals surface area contributed by atoms with E-state index < -0.39 is 5.91 Å². The van der Waals surface area contributed by atoms with Gasteiger partial charge in [0.05, 0.1) is 0 Å². The fourth-order valence-electron chi connectivity index (χ4n) is 2.84. The molecule has 2 aromatic carbocycles. The second-order valence-electron chi connectivity index (χ2n) is 4.95. The summed E-state index contributed by atoms with van der Waals surface area (Å²) in [4.78, 5) is 11.6. The minimum absolute atomic E-state index is 0.141. The molecule has 1 aliphatic carbocycles. The zero-order valence-corrected chi connectivity index (χ0v) is 12.4. The van der Waals surface area contributed by atoms with Crippen molar-refractivity contribution in [1.82, 2.24) is 0 Å². The van der Waals surface area contributed by atoms with Crippen LogP contribution in [-0.2, 0) is 12.8 Å². The average molecular weight is 332 g/mol. The lowest BCUT2D eigenvalue weighted by Crippen LogP contribution is -2.13. The number of primary amides is 1. The summed E-state index contributed by atoms with van der Waals surface area (Å²) < 4.78 is 0.978. The van der Waals surface area contributed by atoms with Crippen LogP contribution in [0.2, 0.25) is 0 Å². The number of halogens is 1. The van der Waals surface area contributed by atoms with E-state index in [1.54, 1.807) is 6.07 Å². The summed E-state index contributed by atoms with van der Waals surface area (Å²) in [6.45, 7) is 0.141. The van der Waals surface area contributed by atoms with Crippen molar-refractivity contribution in [3.05, 3.63) is 57.1 Å². The minimum Gasteiger partial charge on any atom is -0.396 e. The molecule has 0 radical (unpaired) electrons. The Kier molecular flexibility index (Phi) is 3.36. The first-order valence-electron chi connectivity index (χ1n) is 6.46. The zero-order chi connectivity index (χ0) is 14.3. The number of hydrogen-bond acceptors (Lipinski definition) is 2. The quantitative estimate of drug-likeness (QED) is 0.774. The van der Waals surface area contributed by atoms with E-state index in [9.17, 15) is 4.79 Å². The molecular weight excluding hydrogens is 318 g/mol. The van der Waals surface area contributed by atoms with Crippen molar-refractivity contribution < 1.29 is 9.90 Å². The van der Waals surface area contributed by atoms with Crippen molar-refractivity contribution in [2.45, 2.75) is 12.8 Å². The van der Waals surface area contributed by atoms with Gasteiger partial charge in [0.2, 0.25) is 5.91 Å². The van der Waals surface area contributed by atoms with Crippen LogP contribution in [0, 0.1) is 0 Å². The van der Waals surface area contributed by atoms with Gasteiger partial charge in [-0.15, -0.1) is 0 Å². The van der Waals surface area contributed by atoms with Crippen LogP contribution in [-0.4, -0.2) is 17.6 Å². The monoisotopic (exact) mass is 331 g/mol. The van der Waals surface area contributed by atoms with Gasteiger partial charge in [-0.25, -0.2) is 0 Å². The molecule has 0 unspecified atom stereocenters. The molecule has 3 N–H and O–H groups in total. The Labute approximate surface area is 125 Å². The molecular formula is C16H14BrNO2. The number of carbonyl (C=O) groups is 1. The molecule has 0 aromatic heterocycles. The van der Waals surface area contributed by atoms with E-state index in [4.69, 9.17) is 10.8 Å². The first-order valence-corrected chi connectivity index (χ1v) is 7.25. The predicted molar refractivity (Wildman–Crippen MR) is 81.7 cm³/mol. The number of nitrogens with two attached hydrogens (primary N) is 1. The van der Waals surface area contributed by atoms with Crippen LogP contribution in [0.3, 0.4) is 0 Å². The molecule has 3 rings (SSSR count). The summed E-state index contributed by atoms with van der Waals surface area (Å²) in [5, 5.41) is 9.03. The van der Waals surface area contributed by atoms with Gasteiger partial charge in [0, 0.05) is 22.2 Å². The van der Waals surface area contributed by atoms with Crippen LogP contribution >= 0.6 is 15.9 Å². The normalized spacial score (nSPS) is 12.1. The molecule has 0 saturated carbocycles. The van der Waals surface area contributed by atoms with Gasteiger partial charge in [-0.1, -0.05) is 34.1 Å². The number of hydrogen-bond donors (Lipinski definition) is 2. The lowest BCUT2D eigenvalue weighted by Gasteiger charge is -2.08. The van der Waals surface area contributed by atoms with Crippen molar-refractivity contribution in [3.8, 4) is 11.1 Å². The molecule has 1 aliphatic rings. The van der Waals surface area contributed by atoms with Crippen molar-refractivity contribution in [2.24, 2.45) is 5.73 Å². The average Bonchev–Trinajstić information content (AvgIpc) is 2.78. The Balaban J connectivity index is 2.16. The van der Waals surface area contributed by atoms with Crippen LogP contribution in [0.15, 0.2) is 34.8 Å². The molecule has 20 heavy (non-hydrogen) atoms. The number of aliphatic hydroxyl groups excluding tert-OH is 1. The van der Waals surface area contributed by atoms with Gasteiger partial charge < -0.3 is 10.8 Å². The summed E-state index contributed by atoms with van der Waals surface area (Å²) in [6, 6.07) is 9.82. The van der Waals surface area contributed by atoms with E-state index in [0.29, 0.717) is 18.4 Å². The number of carbonyl (C=O) groups excluding carboxylic acids is 1. The third-order valence-electron chi connectivity index (χ3n) is 3.73. The van der Waals surface area contributed by atoms with E-state index in [0.717, 1.165) is 26.7 Å². The second-order valence-corrected chi connectivity index (χ2v) is 5.81. The van der Waals surface area contributed by atoms with Crippen LogP contribution in [0.1, 0.15) is 27.0 Å². The number of amides is 1. The molecule has 0 aliphatic heterocycles. The molecule has 1 amide bonds. The second kappa shape index (κ2) is 5.04. The third-order valence-corrected chi connectivity index (χ3v) is 4.40. The Morgan fingerprint density at radius 2 is 2.10 bits per heavy atom. The highest BCUT2D eigenvalue weighted by Crippen LogP contribution is 2.43. The SMILES string of the molecule is NC(=O)c1ccc(Br)c2c1Cc1cc(CCO)ccc1-2. The van der Waals surface area contributed by atoms with Crippen LogP contribution in [0.4, 0.5) is 0 Å². The first kappa shape index (κ1) is 13.3. The number of rotatable bonds is 3. The van der Waals surface area contributed by atoms with Crippen molar-refractivity contribution >= 4 is 21.8 Å². The van der Waals surface area contributed by atoms with Crippen molar-refractivity contribution in [3.63, 3.8) is 0 Å². The minimum atomic E-state index is -0.392. The van der Waals surface area contributed by atoms with E-state index >= 15 is 0 Å². The highest BCUT2D eigenvalue weighted by Gasteiger charge is 2.25. The smallest absolute Gasteiger partial charge is 0.249 e. The van der Waals surface area contributed by atoms with Crippen molar-refractivity contribution in [1.29, 1.82) is 0 Å². The molecule has 0 fully saturated rings. The lowest BCUT2D eigenvalue weighted by atomic mass is 10.0. The molecule has 3 nitrogen and oxygen atoms in total. The topological polar surface area (TPSA) is 63.3 Å². The van der Waals surface area contributed by atoms with Gasteiger partial charge in [0.25, 0.3) is 0 Å². The molecule has 0 atom stereocenters. The maximum atomic E-state index is 11.6. The molecule has 102 valence electrons. The van der Waals surface area contributed by atoms with Crippen molar-refractivity contribution in [2.75, 3.05) is 6.61 Å². The fraction of sp³-hybridized carbons (Fsp3) is 0.188. The molecule has 2 aromatic rings. The molecule has 0 spiro atoms. The standard InChI is InChI=1S/C16H14BrNO2/c17-14-4-3-12(16(18)20)13-8-10-7-9(5-6-19)1-2-11(10)15(13)14/h1-4,7,19H,5-6,8H2,(H2,18,20). The lowest BCUT2D eigenvalue weighted by molar-refractivity contribution is 0.0999. The fourth-order valence-corrected chi connectivity index (χ4v) is 3.42. The van der Waals surface area contributed by atoms with E-state index in [-0.39, 0.29) is 6.61 Å². The maximum absolute atomic E-state index is 11.6. The molecule has 0 bridgehead atoms. The number of aliphatic hydroxyl groups is 1. The van der Waals surface area contributed by atoms with Gasteiger partial charge in [-0.3, -0.25) is 4.79 Å². The van der Waals surface area contributed by atoms with Gasteiger partial charge in [0.15, 0.2) is 0 Å². The Hall–Kier alpha value is -1.65. The highest BCUT2D eigenvalue weighted by molar-refractivity contribution is 9.10. The van der Waals surface area contributed by atoms with Gasteiger partial charge >= 0.3 is 0 Å². The summed E-state index contributed by atoms with van der Waals surface area (Å²) in [5.74, 6) is -0.392. The van der Waals surface area contributed by atoms with E-state index in [2.05, 4.69) is 28.1 Å².